The number of carboxylic acids is 1. The summed E-state index contributed by atoms with van der Waals surface area (Å²) in [5, 5.41) is 8.99. The van der Waals surface area contributed by atoms with Crippen molar-refractivity contribution in [2.24, 2.45) is 5.92 Å². The van der Waals surface area contributed by atoms with Gasteiger partial charge in [-0.3, -0.25) is 4.79 Å². The van der Waals surface area contributed by atoms with Gasteiger partial charge in [0.15, 0.2) is 0 Å². The molecule has 1 saturated heterocycles. The molecule has 0 aromatic heterocycles. The Labute approximate surface area is 126 Å². The predicted molar refractivity (Wildman–Crippen MR) is 77.1 cm³/mol. The summed E-state index contributed by atoms with van der Waals surface area (Å²) in [5.41, 5.74) is 0. The highest BCUT2D eigenvalue weighted by atomic mass is 32.2. The van der Waals surface area contributed by atoms with Gasteiger partial charge in [-0.15, -0.1) is 0 Å². The number of ether oxygens (including phenoxy) is 1. The first-order chi connectivity index (χ1) is 9.88. The largest absolute Gasteiger partial charge is 0.481 e. The van der Waals surface area contributed by atoms with E-state index in [0.717, 1.165) is 12.8 Å². The summed E-state index contributed by atoms with van der Waals surface area (Å²) >= 11 is 0. The first kappa shape index (κ1) is 16.7. The van der Waals surface area contributed by atoms with Gasteiger partial charge in [0.05, 0.1) is 12.5 Å². The zero-order valence-electron chi connectivity index (χ0n) is 12.6. The molecule has 0 amide bonds. The molecule has 2 atom stereocenters. The van der Waals surface area contributed by atoms with Crippen molar-refractivity contribution in [2.45, 2.75) is 44.8 Å². The number of carbonyl (C=O) groups is 1. The Balaban J connectivity index is 2.15. The van der Waals surface area contributed by atoms with Gasteiger partial charge in [-0.25, -0.2) is 0 Å². The first-order valence-corrected chi connectivity index (χ1v) is 8.79. The maximum atomic E-state index is 12.8. The number of aliphatic carboxylic acids is 1. The van der Waals surface area contributed by atoms with Gasteiger partial charge in [0.1, 0.15) is 0 Å². The maximum Gasteiger partial charge on any atom is 0.304 e. The average Bonchev–Trinajstić information content (AvgIpc) is 3.14. The summed E-state index contributed by atoms with van der Waals surface area (Å²) in [6.45, 7) is 2.99. The van der Waals surface area contributed by atoms with Crippen LogP contribution in [0.4, 0.5) is 0 Å². The second kappa shape index (κ2) is 6.60. The van der Waals surface area contributed by atoms with Crippen molar-refractivity contribution in [3.05, 3.63) is 0 Å². The molecule has 0 bridgehead atoms. The molecule has 0 radical (unpaired) electrons. The molecule has 7 nitrogen and oxygen atoms in total. The predicted octanol–water partition coefficient (Wildman–Crippen LogP) is 0.527. The number of rotatable bonds is 8. The Morgan fingerprint density at radius 1 is 1.43 bits per heavy atom. The van der Waals surface area contributed by atoms with Crippen molar-refractivity contribution in [2.75, 3.05) is 26.7 Å². The molecule has 122 valence electrons. The van der Waals surface area contributed by atoms with Crippen LogP contribution in [0.3, 0.4) is 0 Å². The lowest BCUT2D eigenvalue weighted by atomic mass is 10.1. The highest BCUT2D eigenvalue weighted by Crippen LogP contribution is 2.33. The molecule has 2 aliphatic rings. The lowest BCUT2D eigenvalue weighted by molar-refractivity contribution is -0.137. The number of hydrogen-bond donors (Lipinski definition) is 1. The van der Waals surface area contributed by atoms with Crippen molar-refractivity contribution in [3.8, 4) is 0 Å². The first-order valence-electron chi connectivity index (χ1n) is 7.40. The van der Waals surface area contributed by atoms with Crippen LogP contribution in [0.25, 0.3) is 0 Å². The third-order valence-corrected chi connectivity index (χ3v) is 6.30. The molecule has 8 heteroatoms. The molecule has 21 heavy (non-hydrogen) atoms. The molecule has 1 saturated carbocycles. The summed E-state index contributed by atoms with van der Waals surface area (Å²) < 4.78 is 33.6. The van der Waals surface area contributed by atoms with E-state index in [2.05, 4.69) is 0 Å². The normalized spacial score (nSPS) is 27.4. The highest BCUT2D eigenvalue weighted by Gasteiger charge is 2.43. The van der Waals surface area contributed by atoms with Crippen molar-refractivity contribution >= 4 is 16.2 Å². The van der Waals surface area contributed by atoms with Crippen molar-refractivity contribution in [1.29, 1.82) is 0 Å². The number of nitrogens with zero attached hydrogens (tertiary/aromatic N) is 2. The minimum Gasteiger partial charge on any atom is -0.481 e. The molecule has 2 rings (SSSR count). The van der Waals surface area contributed by atoms with E-state index >= 15 is 0 Å². The number of carboxylic acid groups (broad SMARTS) is 1. The fourth-order valence-electron chi connectivity index (χ4n) is 2.81. The zero-order chi connectivity index (χ0) is 15.6. The monoisotopic (exact) mass is 320 g/mol. The average molecular weight is 320 g/mol. The molecule has 1 heterocycles. The van der Waals surface area contributed by atoms with Crippen LogP contribution in [0.2, 0.25) is 0 Å². The van der Waals surface area contributed by atoms with Crippen molar-refractivity contribution in [3.63, 3.8) is 0 Å². The Morgan fingerprint density at radius 2 is 2.10 bits per heavy atom. The Bertz CT molecular complexity index is 477. The van der Waals surface area contributed by atoms with E-state index in [1.165, 1.54) is 15.7 Å². The van der Waals surface area contributed by atoms with E-state index in [-0.39, 0.29) is 19.1 Å². The van der Waals surface area contributed by atoms with E-state index in [1.807, 2.05) is 6.92 Å². The lowest BCUT2D eigenvalue weighted by Gasteiger charge is -2.29. The second-order valence-corrected chi connectivity index (χ2v) is 7.70. The van der Waals surface area contributed by atoms with E-state index in [0.29, 0.717) is 25.4 Å². The van der Waals surface area contributed by atoms with Crippen molar-refractivity contribution in [1.82, 2.24) is 8.61 Å². The lowest BCUT2D eigenvalue weighted by Crippen LogP contribution is -2.47. The van der Waals surface area contributed by atoms with Crippen LogP contribution < -0.4 is 0 Å². The minimum absolute atomic E-state index is 0.180. The SMILES string of the molecule is CCN(CC1CC1)S(=O)(=O)N1CC(OC)CC1CC(=O)O. The van der Waals surface area contributed by atoms with E-state index in [1.54, 1.807) is 0 Å². The minimum atomic E-state index is -3.62. The van der Waals surface area contributed by atoms with Crippen LogP contribution in [0, 0.1) is 5.92 Å². The van der Waals surface area contributed by atoms with E-state index in [4.69, 9.17) is 9.84 Å². The third-order valence-electron chi connectivity index (χ3n) is 4.20. The second-order valence-electron chi connectivity index (χ2n) is 5.82. The molecule has 0 aromatic carbocycles. The van der Waals surface area contributed by atoms with Gasteiger partial charge in [0.25, 0.3) is 10.2 Å². The molecule has 1 aliphatic carbocycles. The van der Waals surface area contributed by atoms with Crippen LogP contribution in [-0.2, 0) is 19.7 Å². The third kappa shape index (κ3) is 3.94. The maximum absolute atomic E-state index is 12.8. The van der Waals surface area contributed by atoms with Crippen LogP contribution in [0.1, 0.15) is 32.6 Å². The summed E-state index contributed by atoms with van der Waals surface area (Å²) in [5.74, 6) is -0.527. The van der Waals surface area contributed by atoms with Gasteiger partial charge in [0.2, 0.25) is 0 Å². The van der Waals surface area contributed by atoms with Gasteiger partial charge in [-0.05, 0) is 25.2 Å². The Morgan fingerprint density at radius 3 is 2.57 bits per heavy atom. The molecule has 1 aliphatic heterocycles. The standard InChI is InChI=1S/C13H24N2O5S/c1-3-14(8-10-4-5-10)21(18,19)15-9-12(20-2)6-11(15)7-13(16)17/h10-12H,3-9H2,1-2H3,(H,16,17). The quantitative estimate of drug-likeness (QED) is 0.705. The Kier molecular flexibility index (Phi) is 5.24. The highest BCUT2D eigenvalue weighted by molar-refractivity contribution is 7.86. The Hall–Kier alpha value is -0.700. The molecule has 2 fully saturated rings. The molecular formula is C13H24N2O5S. The van der Waals surface area contributed by atoms with E-state index in [9.17, 15) is 13.2 Å². The van der Waals surface area contributed by atoms with Gasteiger partial charge in [0, 0.05) is 32.8 Å². The molecular weight excluding hydrogens is 296 g/mol. The van der Waals surface area contributed by atoms with E-state index < -0.39 is 22.2 Å². The fraction of sp³-hybridized carbons (Fsp3) is 0.923. The van der Waals surface area contributed by atoms with Gasteiger partial charge < -0.3 is 9.84 Å². The van der Waals surface area contributed by atoms with Crippen molar-refractivity contribution < 1.29 is 23.1 Å². The van der Waals surface area contributed by atoms with Crippen LogP contribution in [-0.4, -0.2) is 67.0 Å². The molecule has 0 aromatic rings. The summed E-state index contributed by atoms with van der Waals surface area (Å²) in [6.07, 6.45) is 2.17. The smallest absolute Gasteiger partial charge is 0.304 e. The van der Waals surface area contributed by atoms with Crippen LogP contribution in [0.15, 0.2) is 0 Å². The zero-order valence-corrected chi connectivity index (χ0v) is 13.4. The fourth-order valence-corrected chi connectivity index (χ4v) is 4.72. The molecule has 2 unspecified atom stereocenters. The summed E-state index contributed by atoms with van der Waals surface area (Å²) in [6, 6.07) is -0.522. The summed E-state index contributed by atoms with van der Waals surface area (Å²) in [4.78, 5) is 11.0. The molecule has 1 N–H and O–H groups in total. The van der Waals surface area contributed by atoms with Gasteiger partial charge >= 0.3 is 5.97 Å². The summed E-state index contributed by atoms with van der Waals surface area (Å²) in [7, 11) is -2.09. The van der Waals surface area contributed by atoms with Crippen LogP contribution >= 0.6 is 0 Å². The molecule has 0 spiro atoms. The van der Waals surface area contributed by atoms with Gasteiger partial charge in [-0.1, -0.05) is 6.92 Å². The topological polar surface area (TPSA) is 87.2 Å². The van der Waals surface area contributed by atoms with Gasteiger partial charge in [-0.2, -0.15) is 17.0 Å². The number of methoxy groups -OCH3 is 1. The van der Waals surface area contributed by atoms with Crippen LogP contribution in [0.5, 0.6) is 0 Å². The number of hydrogen-bond acceptors (Lipinski definition) is 4.